The van der Waals surface area contributed by atoms with Gasteiger partial charge in [0, 0.05) is 12.6 Å². The summed E-state index contributed by atoms with van der Waals surface area (Å²) in [5.74, 6) is -1.24. The lowest BCUT2D eigenvalue weighted by Crippen LogP contribution is -2.35. The molecule has 1 aromatic heterocycles. The molecule has 0 atom stereocenters. The fourth-order valence-electron chi connectivity index (χ4n) is 1.64. The first-order valence-corrected chi connectivity index (χ1v) is 5.96. The normalized spacial score (nSPS) is 14.3. The van der Waals surface area contributed by atoms with E-state index < -0.39 is 5.97 Å². The van der Waals surface area contributed by atoms with Crippen LogP contribution in [0.25, 0.3) is 0 Å². The first-order chi connectivity index (χ1) is 8.58. The van der Waals surface area contributed by atoms with E-state index in [-0.39, 0.29) is 35.8 Å². The van der Waals surface area contributed by atoms with E-state index in [1.54, 1.807) is 0 Å². The summed E-state index contributed by atoms with van der Waals surface area (Å²) in [6.07, 6.45) is 4.41. The molecular formula is C11H12ClN3O3. The topological polar surface area (TPSA) is 83.4 Å². The lowest BCUT2D eigenvalue weighted by atomic mass is 10.3. The SMILES string of the molecule is O=C(O)CCN(C(=O)c1cncc(Cl)n1)C1CC1. The van der Waals surface area contributed by atoms with Gasteiger partial charge in [-0.05, 0) is 12.8 Å². The molecule has 0 bridgehead atoms. The Morgan fingerprint density at radius 2 is 2.17 bits per heavy atom. The third-order valence-corrected chi connectivity index (χ3v) is 2.82. The van der Waals surface area contributed by atoms with Gasteiger partial charge in [0.1, 0.15) is 10.8 Å². The van der Waals surface area contributed by atoms with E-state index in [0.29, 0.717) is 0 Å². The first-order valence-electron chi connectivity index (χ1n) is 5.58. The highest BCUT2D eigenvalue weighted by molar-refractivity contribution is 6.29. The van der Waals surface area contributed by atoms with Crippen LogP contribution in [-0.2, 0) is 4.79 Å². The maximum absolute atomic E-state index is 12.2. The number of carboxylic acid groups (broad SMARTS) is 1. The maximum atomic E-state index is 12.2. The molecule has 1 fully saturated rings. The molecule has 1 amide bonds. The molecular weight excluding hydrogens is 258 g/mol. The number of carbonyl (C=O) groups is 2. The highest BCUT2D eigenvalue weighted by Gasteiger charge is 2.33. The smallest absolute Gasteiger partial charge is 0.305 e. The van der Waals surface area contributed by atoms with Crippen LogP contribution >= 0.6 is 11.6 Å². The Morgan fingerprint density at radius 1 is 1.44 bits per heavy atom. The molecule has 0 spiro atoms. The number of carbonyl (C=O) groups excluding carboxylic acids is 1. The molecule has 1 aliphatic rings. The van der Waals surface area contributed by atoms with E-state index in [0.717, 1.165) is 12.8 Å². The molecule has 1 heterocycles. The van der Waals surface area contributed by atoms with Crippen molar-refractivity contribution in [3.05, 3.63) is 23.2 Å². The molecule has 0 aliphatic heterocycles. The number of aromatic nitrogens is 2. The van der Waals surface area contributed by atoms with Crippen LogP contribution in [0.2, 0.25) is 5.15 Å². The average Bonchev–Trinajstić information content (AvgIpc) is 3.13. The second-order valence-corrected chi connectivity index (χ2v) is 4.49. The summed E-state index contributed by atoms with van der Waals surface area (Å²) in [6, 6.07) is 0.123. The Morgan fingerprint density at radius 3 is 2.72 bits per heavy atom. The Balaban J connectivity index is 2.10. The quantitative estimate of drug-likeness (QED) is 0.869. The fraction of sp³-hybridized carbons (Fsp3) is 0.455. The number of halogens is 1. The summed E-state index contributed by atoms with van der Waals surface area (Å²) in [6.45, 7) is 0.188. The number of hydrogen-bond donors (Lipinski definition) is 1. The molecule has 0 aromatic carbocycles. The van der Waals surface area contributed by atoms with Gasteiger partial charge in [-0.1, -0.05) is 11.6 Å². The molecule has 0 radical (unpaired) electrons. The van der Waals surface area contributed by atoms with Gasteiger partial charge in [0.15, 0.2) is 0 Å². The lowest BCUT2D eigenvalue weighted by molar-refractivity contribution is -0.137. The van der Waals surface area contributed by atoms with E-state index in [1.165, 1.54) is 17.3 Å². The summed E-state index contributed by atoms with van der Waals surface area (Å²) < 4.78 is 0. The van der Waals surface area contributed by atoms with Crippen LogP contribution < -0.4 is 0 Å². The summed E-state index contributed by atoms with van der Waals surface area (Å²) in [7, 11) is 0. The zero-order chi connectivity index (χ0) is 13.1. The van der Waals surface area contributed by atoms with E-state index in [9.17, 15) is 9.59 Å². The van der Waals surface area contributed by atoms with Crippen molar-refractivity contribution in [1.29, 1.82) is 0 Å². The molecule has 6 nitrogen and oxygen atoms in total. The van der Waals surface area contributed by atoms with Crippen LogP contribution in [0, 0.1) is 0 Å². The number of carboxylic acids is 1. The van der Waals surface area contributed by atoms with Gasteiger partial charge in [-0.3, -0.25) is 14.6 Å². The largest absolute Gasteiger partial charge is 0.481 e. The van der Waals surface area contributed by atoms with Gasteiger partial charge < -0.3 is 10.0 Å². The first kappa shape index (κ1) is 12.8. The number of amides is 1. The van der Waals surface area contributed by atoms with Crippen LogP contribution in [0.3, 0.4) is 0 Å². The maximum Gasteiger partial charge on any atom is 0.305 e. The van der Waals surface area contributed by atoms with Crippen molar-refractivity contribution in [2.45, 2.75) is 25.3 Å². The van der Waals surface area contributed by atoms with Gasteiger partial charge >= 0.3 is 5.97 Å². The number of nitrogens with zero attached hydrogens (tertiary/aromatic N) is 3. The molecule has 1 saturated carbocycles. The standard InChI is InChI=1S/C11H12ClN3O3/c12-9-6-13-5-8(14-9)11(18)15(7-1-2-7)4-3-10(16)17/h5-7H,1-4H2,(H,16,17). The van der Waals surface area contributed by atoms with Crippen LogP contribution in [0.5, 0.6) is 0 Å². The van der Waals surface area contributed by atoms with Gasteiger partial charge in [0.2, 0.25) is 0 Å². The van der Waals surface area contributed by atoms with Crippen molar-refractivity contribution in [1.82, 2.24) is 14.9 Å². The third-order valence-electron chi connectivity index (χ3n) is 2.64. The van der Waals surface area contributed by atoms with Gasteiger partial charge in [0.25, 0.3) is 5.91 Å². The number of rotatable bonds is 5. The van der Waals surface area contributed by atoms with Crippen LogP contribution in [0.4, 0.5) is 0 Å². The second-order valence-electron chi connectivity index (χ2n) is 4.10. The monoisotopic (exact) mass is 269 g/mol. The van der Waals surface area contributed by atoms with Gasteiger partial charge in [-0.25, -0.2) is 4.98 Å². The van der Waals surface area contributed by atoms with Crippen molar-refractivity contribution < 1.29 is 14.7 Å². The van der Waals surface area contributed by atoms with E-state index in [2.05, 4.69) is 9.97 Å². The Labute approximate surface area is 109 Å². The lowest BCUT2D eigenvalue weighted by Gasteiger charge is -2.20. The van der Waals surface area contributed by atoms with Crippen molar-refractivity contribution in [3.63, 3.8) is 0 Å². The molecule has 0 unspecified atom stereocenters. The summed E-state index contributed by atoms with van der Waals surface area (Å²) in [5, 5.41) is 8.82. The predicted octanol–water partition coefficient (Wildman–Crippen LogP) is 1.21. The fourth-order valence-corrected chi connectivity index (χ4v) is 1.79. The Hall–Kier alpha value is -1.69. The minimum absolute atomic E-state index is 0.0732. The number of hydrogen-bond acceptors (Lipinski definition) is 4. The third kappa shape index (κ3) is 3.16. The molecule has 1 aromatic rings. The number of aliphatic carboxylic acids is 1. The highest BCUT2D eigenvalue weighted by Crippen LogP contribution is 2.28. The summed E-state index contributed by atoms with van der Waals surface area (Å²) in [5.41, 5.74) is 0.153. The highest BCUT2D eigenvalue weighted by atomic mass is 35.5. The van der Waals surface area contributed by atoms with Crippen LogP contribution in [-0.4, -0.2) is 44.4 Å². The van der Waals surface area contributed by atoms with Crippen molar-refractivity contribution in [3.8, 4) is 0 Å². The van der Waals surface area contributed by atoms with E-state index >= 15 is 0 Å². The molecule has 2 rings (SSSR count). The molecule has 18 heavy (non-hydrogen) atoms. The van der Waals surface area contributed by atoms with E-state index in [1.807, 2.05) is 0 Å². The van der Waals surface area contributed by atoms with Crippen molar-refractivity contribution >= 4 is 23.5 Å². The molecule has 0 saturated heterocycles. The Kier molecular flexibility index (Phi) is 3.76. The molecule has 1 N–H and O–H groups in total. The minimum atomic E-state index is -0.925. The Bertz CT molecular complexity index is 476. The van der Waals surface area contributed by atoms with Crippen molar-refractivity contribution in [2.24, 2.45) is 0 Å². The second kappa shape index (κ2) is 5.30. The van der Waals surface area contributed by atoms with E-state index in [4.69, 9.17) is 16.7 Å². The van der Waals surface area contributed by atoms with Gasteiger partial charge in [-0.2, -0.15) is 0 Å². The molecule has 7 heteroatoms. The zero-order valence-corrected chi connectivity index (χ0v) is 10.3. The summed E-state index contributed by atoms with van der Waals surface area (Å²) in [4.78, 5) is 32.0. The van der Waals surface area contributed by atoms with Crippen molar-refractivity contribution in [2.75, 3.05) is 6.54 Å². The minimum Gasteiger partial charge on any atom is -0.481 e. The van der Waals surface area contributed by atoms with Gasteiger partial charge in [-0.15, -0.1) is 0 Å². The predicted molar refractivity (Wildman–Crippen MR) is 63.4 cm³/mol. The van der Waals surface area contributed by atoms with Crippen LogP contribution in [0.1, 0.15) is 29.8 Å². The average molecular weight is 270 g/mol. The zero-order valence-electron chi connectivity index (χ0n) is 9.54. The molecule has 96 valence electrons. The van der Waals surface area contributed by atoms with Gasteiger partial charge in [0.05, 0.1) is 18.8 Å². The van der Waals surface area contributed by atoms with Crippen LogP contribution in [0.15, 0.2) is 12.4 Å². The summed E-state index contributed by atoms with van der Waals surface area (Å²) >= 11 is 5.68. The molecule has 1 aliphatic carbocycles.